The third-order valence-electron chi connectivity index (χ3n) is 3.47. The second-order valence-electron chi connectivity index (χ2n) is 6.53. The molecule has 0 bridgehead atoms. The molecule has 0 fully saturated rings. The third kappa shape index (κ3) is 3.64. The van der Waals surface area contributed by atoms with Crippen LogP contribution < -0.4 is 14.8 Å². The zero-order valence-electron chi connectivity index (χ0n) is 14.0. The van der Waals surface area contributed by atoms with Gasteiger partial charge in [-0.15, -0.1) is 5.10 Å². The minimum absolute atomic E-state index is 0.107. The standard InChI is InChI=1S/C16H20N4O3S/c1-9(24-15-18-14(19-20-15)16(2,3)4)13(21)17-10-5-6-11-12(7-10)23-8-22-11/h5-7,9H,8H2,1-4H3,(H,17,21)(H,18,19,20)/t9-/m0/s1. The summed E-state index contributed by atoms with van der Waals surface area (Å²) in [5.41, 5.74) is 0.561. The van der Waals surface area contributed by atoms with E-state index in [1.165, 1.54) is 11.8 Å². The number of thioether (sulfide) groups is 1. The molecule has 24 heavy (non-hydrogen) atoms. The molecular formula is C16H20N4O3S. The maximum absolute atomic E-state index is 12.4. The van der Waals surface area contributed by atoms with E-state index in [0.717, 1.165) is 5.82 Å². The largest absolute Gasteiger partial charge is 0.454 e. The van der Waals surface area contributed by atoms with Gasteiger partial charge in [0.2, 0.25) is 17.9 Å². The first-order valence-electron chi connectivity index (χ1n) is 7.63. The number of ether oxygens (including phenoxy) is 2. The first kappa shape index (κ1) is 16.6. The molecular weight excluding hydrogens is 328 g/mol. The molecule has 0 aliphatic carbocycles. The lowest BCUT2D eigenvalue weighted by Gasteiger charge is -2.13. The van der Waals surface area contributed by atoms with E-state index in [1.807, 2.05) is 6.92 Å². The Kier molecular flexibility index (Phi) is 4.40. The Bertz CT molecular complexity index is 754. The van der Waals surface area contributed by atoms with E-state index in [9.17, 15) is 4.79 Å². The summed E-state index contributed by atoms with van der Waals surface area (Å²) < 4.78 is 10.6. The van der Waals surface area contributed by atoms with Crippen LogP contribution in [0, 0.1) is 0 Å². The summed E-state index contributed by atoms with van der Waals surface area (Å²) in [5, 5.41) is 10.2. The number of hydrogen-bond acceptors (Lipinski definition) is 6. The molecule has 0 saturated carbocycles. The SMILES string of the molecule is C[C@H](Sc1n[nH]c(C(C)(C)C)n1)C(=O)Nc1ccc2c(c1)OCO2. The fourth-order valence-corrected chi connectivity index (χ4v) is 2.79. The van der Waals surface area contributed by atoms with Crippen molar-refractivity contribution in [3.63, 3.8) is 0 Å². The highest BCUT2D eigenvalue weighted by Gasteiger charge is 2.22. The third-order valence-corrected chi connectivity index (χ3v) is 4.43. The molecule has 0 unspecified atom stereocenters. The van der Waals surface area contributed by atoms with Crippen molar-refractivity contribution in [1.29, 1.82) is 0 Å². The number of rotatable bonds is 4. The van der Waals surface area contributed by atoms with Gasteiger partial charge in [0.05, 0.1) is 5.25 Å². The van der Waals surface area contributed by atoms with Gasteiger partial charge in [-0.1, -0.05) is 32.5 Å². The van der Waals surface area contributed by atoms with E-state index in [2.05, 4.69) is 41.3 Å². The summed E-state index contributed by atoms with van der Waals surface area (Å²) in [6, 6.07) is 5.32. The lowest BCUT2D eigenvalue weighted by atomic mass is 9.96. The Morgan fingerprint density at radius 2 is 2.08 bits per heavy atom. The van der Waals surface area contributed by atoms with Crippen LogP contribution in [0.15, 0.2) is 23.4 Å². The van der Waals surface area contributed by atoms with Crippen molar-refractivity contribution in [2.24, 2.45) is 0 Å². The molecule has 1 aliphatic heterocycles. The van der Waals surface area contributed by atoms with Crippen molar-refractivity contribution < 1.29 is 14.3 Å². The minimum Gasteiger partial charge on any atom is -0.454 e. The Balaban J connectivity index is 1.61. The number of nitrogens with one attached hydrogen (secondary N) is 2. The molecule has 0 saturated heterocycles. The summed E-state index contributed by atoms with van der Waals surface area (Å²) >= 11 is 1.31. The van der Waals surface area contributed by atoms with Crippen LogP contribution in [0.2, 0.25) is 0 Å². The lowest BCUT2D eigenvalue weighted by molar-refractivity contribution is -0.115. The number of H-pyrrole nitrogens is 1. The number of fused-ring (bicyclic) bond motifs is 1. The van der Waals surface area contributed by atoms with Gasteiger partial charge in [-0.2, -0.15) is 0 Å². The van der Waals surface area contributed by atoms with Gasteiger partial charge in [0.1, 0.15) is 5.82 Å². The van der Waals surface area contributed by atoms with Crippen molar-refractivity contribution in [1.82, 2.24) is 15.2 Å². The van der Waals surface area contributed by atoms with Crippen LogP contribution in [0.1, 0.15) is 33.5 Å². The van der Waals surface area contributed by atoms with E-state index < -0.39 is 0 Å². The Hall–Kier alpha value is -2.22. The molecule has 1 atom stereocenters. The van der Waals surface area contributed by atoms with Crippen LogP contribution in [0.4, 0.5) is 5.69 Å². The van der Waals surface area contributed by atoms with Gasteiger partial charge < -0.3 is 14.8 Å². The van der Waals surface area contributed by atoms with Crippen molar-refractivity contribution in [2.45, 2.75) is 43.5 Å². The topological polar surface area (TPSA) is 89.1 Å². The van der Waals surface area contributed by atoms with Crippen molar-refractivity contribution in [2.75, 3.05) is 12.1 Å². The van der Waals surface area contributed by atoms with Crippen LogP contribution in [-0.4, -0.2) is 33.1 Å². The van der Waals surface area contributed by atoms with Gasteiger partial charge in [0.25, 0.3) is 0 Å². The molecule has 1 aromatic carbocycles. The fraction of sp³-hybridized carbons (Fsp3) is 0.438. The number of carbonyl (C=O) groups excluding carboxylic acids is 1. The monoisotopic (exact) mass is 348 g/mol. The number of amides is 1. The molecule has 128 valence electrons. The van der Waals surface area contributed by atoms with Crippen LogP contribution in [0.25, 0.3) is 0 Å². The molecule has 8 heteroatoms. The predicted octanol–water partition coefficient (Wildman–Crippen LogP) is 2.95. The molecule has 1 aliphatic rings. The second kappa shape index (κ2) is 6.35. The van der Waals surface area contributed by atoms with Gasteiger partial charge in [-0.05, 0) is 19.1 Å². The quantitative estimate of drug-likeness (QED) is 0.826. The summed E-state index contributed by atoms with van der Waals surface area (Å²) in [6.07, 6.45) is 0. The van der Waals surface area contributed by atoms with Gasteiger partial charge in [0.15, 0.2) is 11.5 Å². The second-order valence-corrected chi connectivity index (χ2v) is 7.84. The van der Waals surface area contributed by atoms with E-state index >= 15 is 0 Å². The van der Waals surface area contributed by atoms with Gasteiger partial charge >= 0.3 is 0 Å². The number of aromatic amines is 1. The van der Waals surface area contributed by atoms with Crippen LogP contribution >= 0.6 is 11.8 Å². The Labute approximate surface area is 144 Å². The van der Waals surface area contributed by atoms with Gasteiger partial charge in [-0.25, -0.2) is 4.98 Å². The first-order valence-corrected chi connectivity index (χ1v) is 8.51. The van der Waals surface area contributed by atoms with E-state index in [1.54, 1.807) is 18.2 Å². The number of anilines is 1. The average Bonchev–Trinajstić information content (AvgIpc) is 3.14. The summed E-state index contributed by atoms with van der Waals surface area (Å²) in [5.74, 6) is 2.00. The number of hydrogen-bond donors (Lipinski definition) is 2. The molecule has 2 N–H and O–H groups in total. The molecule has 2 heterocycles. The molecule has 1 aromatic heterocycles. The highest BCUT2D eigenvalue weighted by atomic mass is 32.2. The molecule has 3 rings (SSSR count). The van der Waals surface area contributed by atoms with Crippen molar-refractivity contribution >= 4 is 23.4 Å². The number of benzene rings is 1. The van der Waals surface area contributed by atoms with Crippen molar-refractivity contribution in [3.8, 4) is 11.5 Å². The summed E-state index contributed by atoms with van der Waals surface area (Å²) in [7, 11) is 0. The van der Waals surface area contributed by atoms with E-state index in [-0.39, 0.29) is 23.4 Å². The highest BCUT2D eigenvalue weighted by molar-refractivity contribution is 8.00. The van der Waals surface area contributed by atoms with Crippen LogP contribution in [0.5, 0.6) is 11.5 Å². The molecule has 7 nitrogen and oxygen atoms in total. The number of nitrogens with zero attached hydrogens (tertiary/aromatic N) is 2. The maximum atomic E-state index is 12.4. The zero-order valence-corrected chi connectivity index (χ0v) is 14.9. The molecule has 0 spiro atoms. The normalized spacial score (nSPS) is 14.5. The first-order chi connectivity index (χ1) is 11.3. The molecule has 1 amide bonds. The van der Waals surface area contributed by atoms with Gasteiger partial charge in [-0.3, -0.25) is 9.89 Å². The number of carbonyl (C=O) groups is 1. The Morgan fingerprint density at radius 1 is 1.33 bits per heavy atom. The van der Waals surface area contributed by atoms with Gasteiger partial charge in [0, 0.05) is 17.2 Å². The van der Waals surface area contributed by atoms with Crippen LogP contribution in [-0.2, 0) is 10.2 Å². The summed E-state index contributed by atoms with van der Waals surface area (Å²) in [4.78, 5) is 16.8. The maximum Gasteiger partial charge on any atom is 0.237 e. The molecule has 2 aromatic rings. The fourth-order valence-electron chi connectivity index (χ4n) is 2.06. The smallest absolute Gasteiger partial charge is 0.237 e. The highest BCUT2D eigenvalue weighted by Crippen LogP contribution is 2.34. The molecule has 0 radical (unpaired) electrons. The van der Waals surface area contributed by atoms with E-state index in [0.29, 0.717) is 22.3 Å². The predicted molar refractivity (Wildman–Crippen MR) is 91.6 cm³/mol. The lowest BCUT2D eigenvalue weighted by Crippen LogP contribution is -2.22. The average molecular weight is 348 g/mol. The summed E-state index contributed by atoms with van der Waals surface area (Å²) in [6.45, 7) is 8.19. The zero-order chi connectivity index (χ0) is 17.3. The minimum atomic E-state index is -0.334. The van der Waals surface area contributed by atoms with Crippen LogP contribution in [0.3, 0.4) is 0 Å². The Morgan fingerprint density at radius 3 is 2.79 bits per heavy atom. The van der Waals surface area contributed by atoms with E-state index in [4.69, 9.17) is 9.47 Å². The van der Waals surface area contributed by atoms with Crippen molar-refractivity contribution in [3.05, 3.63) is 24.0 Å². The number of aromatic nitrogens is 3.